The number of nitrogens with zero attached hydrogens (tertiary/aromatic N) is 2. The zero-order valence-electron chi connectivity index (χ0n) is 11.2. The summed E-state index contributed by atoms with van der Waals surface area (Å²) < 4.78 is 0. The predicted molar refractivity (Wildman–Crippen MR) is 74.3 cm³/mol. The van der Waals surface area contributed by atoms with E-state index in [9.17, 15) is 0 Å². The van der Waals surface area contributed by atoms with Crippen molar-refractivity contribution >= 4 is 5.69 Å². The maximum absolute atomic E-state index is 9.08. The normalized spacial score (nSPS) is 19.2. The van der Waals surface area contributed by atoms with Gasteiger partial charge >= 0.3 is 0 Å². The first kappa shape index (κ1) is 12.9. The second kappa shape index (κ2) is 4.99. The number of nitriles is 1. The molecule has 0 spiro atoms. The molecular weight excluding hydrogens is 222 g/mol. The van der Waals surface area contributed by atoms with E-state index in [1.165, 1.54) is 11.3 Å². The van der Waals surface area contributed by atoms with Gasteiger partial charge in [0.05, 0.1) is 11.5 Å². The molecule has 3 heteroatoms. The number of anilines is 1. The van der Waals surface area contributed by atoms with Crippen LogP contribution in [-0.4, -0.2) is 19.1 Å². The van der Waals surface area contributed by atoms with E-state index >= 15 is 0 Å². The molecule has 1 aromatic carbocycles. The van der Waals surface area contributed by atoms with Crippen molar-refractivity contribution in [2.45, 2.75) is 32.7 Å². The Labute approximate surface area is 109 Å². The van der Waals surface area contributed by atoms with Crippen LogP contribution in [0.3, 0.4) is 0 Å². The summed E-state index contributed by atoms with van der Waals surface area (Å²) in [6, 6.07) is 11.0. The van der Waals surface area contributed by atoms with Crippen LogP contribution in [0.15, 0.2) is 24.3 Å². The van der Waals surface area contributed by atoms with Crippen LogP contribution in [0, 0.1) is 16.7 Å². The minimum atomic E-state index is -0.267. The lowest BCUT2D eigenvalue weighted by Gasteiger charge is -2.35. The van der Waals surface area contributed by atoms with Crippen LogP contribution in [0.2, 0.25) is 0 Å². The Bertz CT molecular complexity index is 459. The smallest absolute Gasteiger partial charge is 0.0684 e. The fourth-order valence-corrected chi connectivity index (χ4v) is 2.40. The van der Waals surface area contributed by atoms with E-state index in [-0.39, 0.29) is 11.5 Å². The number of nitrogens with two attached hydrogens (primary N) is 1. The number of hydrogen-bond donors (Lipinski definition) is 1. The standard InChI is InChI=1S/C15H21N3/c1-15(2,11-16)7-8-18-10-13(17)9-12-5-3-4-6-14(12)18/h3-6,13H,7-10,17H2,1-2H3. The molecule has 2 N–H and O–H groups in total. The van der Waals surface area contributed by atoms with Crippen molar-refractivity contribution in [3.63, 3.8) is 0 Å². The summed E-state index contributed by atoms with van der Waals surface area (Å²) in [7, 11) is 0. The summed E-state index contributed by atoms with van der Waals surface area (Å²) in [5.41, 5.74) is 8.45. The minimum Gasteiger partial charge on any atom is -0.370 e. The van der Waals surface area contributed by atoms with Crippen molar-refractivity contribution in [3.05, 3.63) is 29.8 Å². The zero-order chi connectivity index (χ0) is 13.2. The molecule has 1 aliphatic rings. The summed E-state index contributed by atoms with van der Waals surface area (Å²) in [5.74, 6) is 0. The van der Waals surface area contributed by atoms with Gasteiger partial charge in [0, 0.05) is 24.8 Å². The third-order valence-corrected chi connectivity index (χ3v) is 3.58. The molecule has 0 radical (unpaired) electrons. The van der Waals surface area contributed by atoms with Crippen molar-refractivity contribution in [1.29, 1.82) is 5.26 Å². The summed E-state index contributed by atoms with van der Waals surface area (Å²) in [6.07, 6.45) is 1.82. The highest BCUT2D eigenvalue weighted by Gasteiger charge is 2.24. The van der Waals surface area contributed by atoms with Gasteiger partial charge in [0.25, 0.3) is 0 Å². The van der Waals surface area contributed by atoms with E-state index in [1.807, 2.05) is 13.8 Å². The largest absolute Gasteiger partial charge is 0.370 e. The molecule has 0 amide bonds. The van der Waals surface area contributed by atoms with Crippen LogP contribution in [-0.2, 0) is 6.42 Å². The minimum absolute atomic E-state index is 0.199. The van der Waals surface area contributed by atoms with Crippen LogP contribution in [0.1, 0.15) is 25.8 Å². The molecule has 1 atom stereocenters. The highest BCUT2D eigenvalue weighted by molar-refractivity contribution is 5.56. The number of para-hydroxylation sites is 1. The average molecular weight is 243 g/mol. The van der Waals surface area contributed by atoms with Crippen LogP contribution in [0.5, 0.6) is 0 Å². The third-order valence-electron chi connectivity index (χ3n) is 3.58. The van der Waals surface area contributed by atoms with Gasteiger partial charge in [0.2, 0.25) is 0 Å². The van der Waals surface area contributed by atoms with Gasteiger partial charge in [-0.2, -0.15) is 5.26 Å². The number of hydrogen-bond acceptors (Lipinski definition) is 3. The molecule has 1 aliphatic heterocycles. The lowest BCUT2D eigenvalue weighted by atomic mass is 9.90. The first-order valence-electron chi connectivity index (χ1n) is 6.51. The molecule has 96 valence electrons. The predicted octanol–water partition coefficient (Wildman–Crippen LogP) is 2.32. The first-order valence-corrected chi connectivity index (χ1v) is 6.51. The summed E-state index contributed by atoms with van der Waals surface area (Å²) in [6.45, 7) is 5.76. The summed E-state index contributed by atoms with van der Waals surface area (Å²) in [4.78, 5) is 2.32. The maximum Gasteiger partial charge on any atom is 0.0684 e. The monoisotopic (exact) mass is 243 g/mol. The molecule has 0 saturated carbocycles. The zero-order valence-corrected chi connectivity index (χ0v) is 11.2. The molecule has 0 fully saturated rings. The average Bonchev–Trinajstić information content (AvgIpc) is 2.36. The molecule has 1 unspecified atom stereocenters. The second-order valence-electron chi connectivity index (χ2n) is 5.78. The molecule has 3 nitrogen and oxygen atoms in total. The van der Waals surface area contributed by atoms with E-state index in [0.29, 0.717) is 0 Å². The lowest BCUT2D eigenvalue weighted by Crippen LogP contribution is -2.44. The van der Waals surface area contributed by atoms with Crippen molar-refractivity contribution in [2.75, 3.05) is 18.0 Å². The first-order chi connectivity index (χ1) is 8.52. The lowest BCUT2D eigenvalue weighted by molar-refractivity contribution is 0.442. The van der Waals surface area contributed by atoms with Gasteiger partial charge in [-0.25, -0.2) is 0 Å². The van der Waals surface area contributed by atoms with Crippen LogP contribution in [0.25, 0.3) is 0 Å². The molecule has 1 heterocycles. The fourth-order valence-electron chi connectivity index (χ4n) is 2.40. The molecular formula is C15H21N3. The molecule has 1 aromatic rings. The molecule has 0 aromatic heterocycles. The highest BCUT2D eigenvalue weighted by atomic mass is 15.2. The van der Waals surface area contributed by atoms with Gasteiger partial charge in [-0.15, -0.1) is 0 Å². The molecule has 0 aliphatic carbocycles. The number of fused-ring (bicyclic) bond motifs is 1. The SMILES string of the molecule is CC(C)(C#N)CCN1CC(N)Cc2ccccc21. The van der Waals surface area contributed by atoms with E-state index < -0.39 is 0 Å². The number of rotatable bonds is 3. The Morgan fingerprint density at radius 1 is 1.44 bits per heavy atom. The quantitative estimate of drug-likeness (QED) is 0.886. The highest BCUT2D eigenvalue weighted by Crippen LogP contribution is 2.28. The Morgan fingerprint density at radius 3 is 2.89 bits per heavy atom. The molecule has 2 rings (SSSR count). The summed E-state index contributed by atoms with van der Waals surface area (Å²) >= 11 is 0. The molecule has 0 saturated heterocycles. The topological polar surface area (TPSA) is 53.0 Å². The van der Waals surface area contributed by atoms with Gasteiger partial charge in [-0.3, -0.25) is 0 Å². The van der Waals surface area contributed by atoms with Crippen LogP contribution in [0.4, 0.5) is 5.69 Å². The maximum atomic E-state index is 9.08. The van der Waals surface area contributed by atoms with Crippen molar-refractivity contribution in [1.82, 2.24) is 0 Å². The van der Waals surface area contributed by atoms with Crippen LogP contribution >= 0.6 is 0 Å². The van der Waals surface area contributed by atoms with Crippen molar-refractivity contribution < 1.29 is 0 Å². The van der Waals surface area contributed by atoms with Gasteiger partial charge in [0.1, 0.15) is 0 Å². The Hall–Kier alpha value is -1.53. The third kappa shape index (κ3) is 2.83. The van der Waals surface area contributed by atoms with E-state index in [0.717, 1.165) is 25.9 Å². The Kier molecular flexibility index (Phi) is 3.58. The number of benzene rings is 1. The Morgan fingerprint density at radius 2 is 2.17 bits per heavy atom. The van der Waals surface area contributed by atoms with Gasteiger partial charge in [-0.05, 0) is 38.3 Å². The molecule has 0 bridgehead atoms. The van der Waals surface area contributed by atoms with E-state index in [4.69, 9.17) is 11.0 Å². The fraction of sp³-hybridized carbons (Fsp3) is 0.533. The second-order valence-corrected chi connectivity index (χ2v) is 5.78. The summed E-state index contributed by atoms with van der Waals surface area (Å²) in [5, 5.41) is 9.08. The van der Waals surface area contributed by atoms with Gasteiger partial charge in [-0.1, -0.05) is 18.2 Å². The van der Waals surface area contributed by atoms with Gasteiger partial charge in [0.15, 0.2) is 0 Å². The van der Waals surface area contributed by atoms with Crippen molar-refractivity contribution in [2.24, 2.45) is 11.1 Å². The van der Waals surface area contributed by atoms with E-state index in [2.05, 4.69) is 35.2 Å². The van der Waals surface area contributed by atoms with E-state index in [1.54, 1.807) is 0 Å². The van der Waals surface area contributed by atoms with Crippen molar-refractivity contribution in [3.8, 4) is 6.07 Å². The Balaban J connectivity index is 2.12. The van der Waals surface area contributed by atoms with Gasteiger partial charge < -0.3 is 10.6 Å². The van der Waals surface area contributed by atoms with Crippen LogP contribution < -0.4 is 10.6 Å². The molecule has 18 heavy (non-hydrogen) atoms.